The molecule has 2 nitrogen and oxygen atoms in total. The van der Waals surface area contributed by atoms with Crippen molar-refractivity contribution in [1.82, 2.24) is 4.57 Å². The van der Waals surface area contributed by atoms with Gasteiger partial charge in [-0.3, -0.25) is 0 Å². The van der Waals surface area contributed by atoms with E-state index in [-0.39, 0.29) is 10.8 Å². The van der Waals surface area contributed by atoms with Crippen LogP contribution < -0.4 is 0 Å². The van der Waals surface area contributed by atoms with Crippen LogP contribution in [0.2, 0.25) is 0 Å². The van der Waals surface area contributed by atoms with Gasteiger partial charge in [-0.25, -0.2) is 0 Å². The lowest BCUT2D eigenvalue weighted by Crippen LogP contribution is -2.15. The van der Waals surface area contributed by atoms with E-state index in [1.165, 1.54) is 83.1 Å². The summed E-state index contributed by atoms with van der Waals surface area (Å²) in [4.78, 5) is 0. The Balaban J connectivity index is 1.10. The Labute approximate surface area is 335 Å². The van der Waals surface area contributed by atoms with Gasteiger partial charge >= 0.3 is 0 Å². The van der Waals surface area contributed by atoms with Gasteiger partial charge in [-0.2, -0.15) is 0 Å². The predicted molar refractivity (Wildman–Crippen MR) is 238 cm³/mol. The maximum absolute atomic E-state index is 6.66. The lowest BCUT2D eigenvalue weighted by molar-refractivity contribution is 0.538. The molecule has 0 N–H and O–H groups in total. The summed E-state index contributed by atoms with van der Waals surface area (Å²) in [6.45, 7) is 11.6. The smallest absolute Gasteiger partial charge is 0.143 e. The molecule has 6 aromatic rings. The van der Waals surface area contributed by atoms with Crippen molar-refractivity contribution in [2.24, 2.45) is 5.41 Å². The van der Waals surface area contributed by atoms with Crippen molar-refractivity contribution in [3.05, 3.63) is 188 Å². The zero-order valence-corrected chi connectivity index (χ0v) is 33.4. The summed E-state index contributed by atoms with van der Waals surface area (Å²) in [7, 11) is 0. The van der Waals surface area contributed by atoms with Gasteiger partial charge < -0.3 is 8.98 Å². The van der Waals surface area contributed by atoms with Crippen LogP contribution >= 0.6 is 0 Å². The van der Waals surface area contributed by atoms with E-state index >= 15 is 0 Å². The Morgan fingerprint density at radius 2 is 1.58 bits per heavy atom. The van der Waals surface area contributed by atoms with Crippen molar-refractivity contribution in [2.75, 3.05) is 0 Å². The fourth-order valence-electron chi connectivity index (χ4n) is 10.4. The van der Waals surface area contributed by atoms with Gasteiger partial charge in [0, 0.05) is 55.1 Å². The summed E-state index contributed by atoms with van der Waals surface area (Å²) < 4.78 is 9.12. The number of fused-ring (bicyclic) bond motifs is 10. The Bertz CT molecular complexity index is 3060. The molecule has 0 spiro atoms. The number of hydrogen-bond acceptors (Lipinski definition) is 1. The molecule has 0 bridgehead atoms. The van der Waals surface area contributed by atoms with Crippen molar-refractivity contribution in [3.8, 4) is 27.9 Å². The normalized spacial score (nSPS) is 18.3. The molecular formula is C55H45NO. The van der Waals surface area contributed by atoms with E-state index in [9.17, 15) is 0 Å². The first-order valence-electron chi connectivity index (χ1n) is 20.6. The molecule has 0 atom stereocenters. The van der Waals surface area contributed by atoms with Crippen molar-refractivity contribution in [2.45, 2.75) is 65.7 Å². The molecule has 0 fully saturated rings. The van der Waals surface area contributed by atoms with Crippen LogP contribution in [0.4, 0.5) is 0 Å². The molecule has 5 aliphatic rings. The van der Waals surface area contributed by atoms with Gasteiger partial charge in [-0.1, -0.05) is 130 Å². The third kappa shape index (κ3) is 4.91. The van der Waals surface area contributed by atoms with Crippen LogP contribution in [-0.2, 0) is 11.8 Å². The predicted octanol–water partition coefficient (Wildman–Crippen LogP) is 14.6. The van der Waals surface area contributed by atoms with Gasteiger partial charge in [-0.15, -0.1) is 0 Å². The van der Waals surface area contributed by atoms with Gasteiger partial charge in [0.25, 0.3) is 0 Å². The van der Waals surface area contributed by atoms with E-state index < -0.39 is 0 Å². The fourth-order valence-corrected chi connectivity index (χ4v) is 10.4. The zero-order chi connectivity index (χ0) is 38.6. The molecule has 0 saturated carbocycles. The third-order valence-electron chi connectivity index (χ3n) is 13.4. The Morgan fingerprint density at radius 1 is 0.737 bits per heavy atom. The maximum Gasteiger partial charge on any atom is 0.143 e. The standard InChI is InChI=1S/C55H45NO/c1-6-14-49-40(26-22-34-21-25-39-38-17-10-12-19-45(38)54(2,3)47(39)31-34)44-32-36(35-15-8-7-9-16-35)23-30-50(44)56(49)37-24-27-43-48(33-37)55(4,5)46-29-28-42-41-18-11-13-20-51(41)57-53(42)52(43)46/h6-10,13-17,20,22-24,26-33H,11-12,18-19H2,1-5H3/b14-6-,26-22+. The molecule has 0 aliphatic heterocycles. The lowest BCUT2D eigenvalue weighted by Gasteiger charge is -2.26. The number of benzene rings is 4. The number of rotatable bonds is 5. The van der Waals surface area contributed by atoms with Gasteiger partial charge in [0.05, 0.1) is 11.2 Å². The molecule has 276 valence electrons. The lowest BCUT2D eigenvalue weighted by atomic mass is 9.77. The highest BCUT2D eigenvalue weighted by Gasteiger charge is 2.41. The summed E-state index contributed by atoms with van der Waals surface area (Å²) in [6.07, 6.45) is 24.6. The quantitative estimate of drug-likeness (QED) is 0.161. The Hall–Kier alpha value is -6.30. The topological polar surface area (TPSA) is 18.1 Å². The van der Waals surface area contributed by atoms with Crippen molar-refractivity contribution in [1.29, 1.82) is 0 Å². The van der Waals surface area contributed by atoms with E-state index in [2.05, 4.69) is 184 Å². The second kappa shape index (κ2) is 12.3. The first-order valence-corrected chi connectivity index (χ1v) is 20.6. The first kappa shape index (κ1) is 34.0. The largest absolute Gasteiger partial charge is 0.456 e. The van der Waals surface area contributed by atoms with E-state index in [0.29, 0.717) is 0 Å². The summed E-state index contributed by atoms with van der Waals surface area (Å²) in [5.41, 5.74) is 28.1. The molecule has 57 heavy (non-hydrogen) atoms. The van der Waals surface area contributed by atoms with Gasteiger partial charge in [0.15, 0.2) is 0 Å². The van der Waals surface area contributed by atoms with Crippen molar-refractivity contribution < 1.29 is 4.42 Å². The van der Waals surface area contributed by atoms with Crippen LogP contribution in [0.3, 0.4) is 0 Å². The van der Waals surface area contributed by atoms with E-state index in [0.717, 1.165) is 54.0 Å². The van der Waals surface area contributed by atoms with Gasteiger partial charge in [-0.05, 0) is 120 Å². The SMILES string of the molecule is C/C=C\c1c(/C=C/C2=C=C=C3C(=C2)C(C)(C)C2=C3C=CCC2)c2cc(-c3ccccc3)ccc2n1-c1ccc2c(c1)C(C)(C)c1ccc3c4c(oc3c1-2)C=CCC4. The number of hydrogen-bond donors (Lipinski definition) is 0. The second-order valence-corrected chi connectivity index (χ2v) is 17.3. The first-order chi connectivity index (χ1) is 27.7. The van der Waals surface area contributed by atoms with E-state index in [1.807, 2.05) is 0 Å². The minimum Gasteiger partial charge on any atom is -0.456 e. The molecule has 0 saturated heterocycles. The molecule has 0 radical (unpaired) electrons. The molecule has 4 aromatic carbocycles. The van der Waals surface area contributed by atoms with Crippen LogP contribution in [0.1, 0.15) is 87.6 Å². The minimum atomic E-state index is -0.192. The van der Waals surface area contributed by atoms with Gasteiger partial charge in [0.2, 0.25) is 0 Å². The van der Waals surface area contributed by atoms with Crippen molar-refractivity contribution >= 4 is 40.1 Å². The average molecular weight is 736 g/mol. The number of aryl methyl sites for hydroxylation is 1. The third-order valence-corrected chi connectivity index (χ3v) is 13.4. The van der Waals surface area contributed by atoms with E-state index in [4.69, 9.17) is 4.42 Å². The zero-order valence-electron chi connectivity index (χ0n) is 33.4. The summed E-state index contributed by atoms with van der Waals surface area (Å²) in [6, 6.07) is 29.4. The Kier molecular flexibility index (Phi) is 7.36. The Morgan fingerprint density at radius 3 is 2.44 bits per heavy atom. The summed E-state index contributed by atoms with van der Waals surface area (Å²) >= 11 is 0. The van der Waals surface area contributed by atoms with E-state index in [1.54, 1.807) is 0 Å². The van der Waals surface area contributed by atoms with Crippen molar-refractivity contribution in [3.63, 3.8) is 0 Å². The summed E-state index contributed by atoms with van der Waals surface area (Å²) in [5.74, 6) is 1.02. The number of allylic oxidation sites excluding steroid dienone is 11. The van der Waals surface area contributed by atoms with Crippen LogP contribution in [0, 0.1) is 5.41 Å². The molecule has 11 rings (SSSR count). The molecule has 2 aromatic heterocycles. The highest BCUT2D eigenvalue weighted by atomic mass is 16.3. The monoisotopic (exact) mass is 735 g/mol. The van der Waals surface area contributed by atoms with Crippen LogP contribution in [0.25, 0.3) is 68.0 Å². The average Bonchev–Trinajstić information content (AvgIpc) is 3.90. The molecular weight excluding hydrogens is 691 g/mol. The fraction of sp³-hybridized carbons (Fsp3) is 0.200. The van der Waals surface area contributed by atoms with Crippen LogP contribution in [-0.4, -0.2) is 4.57 Å². The number of furan rings is 1. The maximum atomic E-state index is 6.66. The minimum absolute atomic E-state index is 0.0134. The van der Waals surface area contributed by atoms with Gasteiger partial charge in [0.1, 0.15) is 11.3 Å². The van der Waals surface area contributed by atoms with Crippen LogP contribution in [0.15, 0.2) is 159 Å². The molecule has 0 unspecified atom stereocenters. The highest BCUT2D eigenvalue weighted by Crippen LogP contribution is 2.55. The number of aromatic nitrogens is 1. The number of nitrogens with zero attached hydrogens (tertiary/aromatic N) is 1. The molecule has 0 amide bonds. The molecule has 5 aliphatic carbocycles. The molecule has 2 heterocycles. The summed E-state index contributed by atoms with van der Waals surface area (Å²) in [5, 5.41) is 2.47. The highest BCUT2D eigenvalue weighted by molar-refractivity contribution is 6.03. The second-order valence-electron chi connectivity index (χ2n) is 17.3. The molecule has 2 heteroatoms. The van der Waals surface area contributed by atoms with Crippen LogP contribution in [0.5, 0.6) is 0 Å².